The summed E-state index contributed by atoms with van der Waals surface area (Å²) in [6.45, 7) is 0.980. The summed E-state index contributed by atoms with van der Waals surface area (Å²) >= 11 is 3.76. The van der Waals surface area contributed by atoms with Crippen molar-refractivity contribution >= 4 is 22.9 Å². The number of likely N-dealkylation sites (tertiary alicyclic amines) is 1. The fraction of sp³-hybridized carbons (Fsp3) is 0.227. The Balaban J connectivity index is 1.53. The van der Waals surface area contributed by atoms with Crippen LogP contribution in [-0.2, 0) is 17.8 Å². The maximum atomic E-state index is 13.5. The summed E-state index contributed by atoms with van der Waals surface area (Å²) in [7, 11) is 0. The maximum Gasteiger partial charge on any atom is 0.235 e. The van der Waals surface area contributed by atoms with Gasteiger partial charge < -0.3 is 0 Å². The molecule has 1 aromatic heterocycles. The van der Waals surface area contributed by atoms with E-state index in [2.05, 4.69) is 9.88 Å². The quantitative estimate of drug-likeness (QED) is 0.527. The molecule has 162 valence electrons. The highest BCUT2D eigenvalue weighted by molar-refractivity contribution is 7.76. The van der Waals surface area contributed by atoms with Crippen molar-refractivity contribution in [3.63, 3.8) is 0 Å². The molecule has 2 atom stereocenters. The lowest BCUT2D eigenvalue weighted by molar-refractivity contribution is 0.0496. The molecular weight excluding hydrogens is 444 g/mol. The Labute approximate surface area is 186 Å². The molecule has 0 amide bonds. The van der Waals surface area contributed by atoms with Crippen LogP contribution < -0.4 is 0 Å². The van der Waals surface area contributed by atoms with E-state index in [0.29, 0.717) is 23.7 Å². The number of nitrogens with zero attached hydrogens (tertiary/aromatic N) is 3. The Bertz CT molecular complexity index is 1050. The van der Waals surface area contributed by atoms with Crippen LogP contribution in [0.25, 0.3) is 0 Å². The lowest BCUT2D eigenvalue weighted by Crippen LogP contribution is -2.60. The van der Waals surface area contributed by atoms with Gasteiger partial charge in [-0.15, -0.1) is 0 Å². The molecule has 1 saturated heterocycles. The number of aromatic nitrogens is 1. The molecule has 2 heterocycles. The van der Waals surface area contributed by atoms with Gasteiger partial charge in [0.05, 0.1) is 12.1 Å². The SMILES string of the molecule is O=S(O)N(Cc1cc(F)cc(F)c1)C1CN(C(c2ccc(Cl)cc2)c2cccnc2)C1. The number of halogens is 3. The van der Waals surface area contributed by atoms with Crippen LogP contribution >= 0.6 is 11.6 Å². The Morgan fingerprint density at radius 3 is 2.39 bits per heavy atom. The Kier molecular flexibility index (Phi) is 6.74. The lowest BCUT2D eigenvalue weighted by Gasteiger charge is -2.47. The summed E-state index contributed by atoms with van der Waals surface area (Å²) in [6.07, 6.45) is 3.50. The molecule has 9 heteroatoms. The Morgan fingerprint density at radius 2 is 1.81 bits per heavy atom. The van der Waals surface area contributed by atoms with Crippen molar-refractivity contribution in [3.8, 4) is 0 Å². The van der Waals surface area contributed by atoms with Crippen LogP contribution in [0.2, 0.25) is 5.02 Å². The third-order valence-electron chi connectivity index (χ3n) is 5.31. The molecule has 0 radical (unpaired) electrons. The van der Waals surface area contributed by atoms with Crippen LogP contribution in [-0.4, -0.2) is 42.1 Å². The molecule has 2 aromatic carbocycles. The summed E-state index contributed by atoms with van der Waals surface area (Å²) < 4.78 is 50.2. The van der Waals surface area contributed by atoms with Crippen molar-refractivity contribution in [2.45, 2.75) is 18.6 Å². The number of benzene rings is 2. The average molecular weight is 464 g/mol. The third kappa shape index (κ3) is 5.16. The van der Waals surface area contributed by atoms with Crippen LogP contribution in [0.3, 0.4) is 0 Å². The zero-order valence-electron chi connectivity index (χ0n) is 16.4. The molecule has 3 aromatic rings. The highest BCUT2D eigenvalue weighted by atomic mass is 35.5. The molecule has 5 nitrogen and oxygen atoms in total. The van der Waals surface area contributed by atoms with Gasteiger partial charge >= 0.3 is 0 Å². The Morgan fingerprint density at radius 1 is 1.13 bits per heavy atom. The molecule has 0 bridgehead atoms. The molecule has 31 heavy (non-hydrogen) atoms. The van der Waals surface area contributed by atoms with Gasteiger partial charge in [0.1, 0.15) is 11.6 Å². The first-order valence-corrected chi connectivity index (χ1v) is 11.1. The number of hydrogen-bond donors (Lipinski definition) is 1. The molecule has 0 spiro atoms. The molecule has 2 unspecified atom stereocenters. The number of hydrogen-bond acceptors (Lipinski definition) is 3. The van der Waals surface area contributed by atoms with Gasteiger partial charge in [0.15, 0.2) is 0 Å². The zero-order chi connectivity index (χ0) is 22.0. The second-order valence-corrected chi connectivity index (χ2v) is 8.80. The van der Waals surface area contributed by atoms with Crippen LogP contribution in [0.4, 0.5) is 8.78 Å². The second-order valence-electron chi connectivity index (χ2n) is 7.43. The van der Waals surface area contributed by atoms with E-state index >= 15 is 0 Å². The van der Waals surface area contributed by atoms with Gasteiger partial charge in [-0.1, -0.05) is 29.8 Å². The molecule has 0 saturated carbocycles. The largest absolute Gasteiger partial charge is 0.294 e. The molecule has 1 fully saturated rings. The molecule has 1 aliphatic rings. The van der Waals surface area contributed by atoms with Gasteiger partial charge in [0.2, 0.25) is 11.3 Å². The third-order valence-corrected chi connectivity index (χ3v) is 6.39. The second kappa shape index (κ2) is 9.50. The van der Waals surface area contributed by atoms with Gasteiger partial charge in [-0.25, -0.2) is 13.0 Å². The van der Waals surface area contributed by atoms with E-state index in [1.165, 1.54) is 16.4 Å². The van der Waals surface area contributed by atoms with Gasteiger partial charge in [-0.05, 0) is 47.0 Å². The predicted molar refractivity (Wildman–Crippen MR) is 116 cm³/mol. The van der Waals surface area contributed by atoms with Crippen molar-refractivity contribution in [2.24, 2.45) is 0 Å². The summed E-state index contributed by atoms with van der Waals surface area (Å²) in [4.78, 5) is 6.38. The highest BCUT2D eigenvalue weighted by Gasteiger charge is 2.39. The molecule has 1 aliphatic heterocycles. The van der Waals surface area contributed by atoms with Crippen LogP contribution in [0.1, 0.15) is 22.7 Å². The fourth-order valence-corrected chi connectivity index (χ4v) is 4.65. The van der Waals surface area contributed by atoms with Crippen molar-refractivity contribution in [2.75, 3.05) is 13.1 Å². The van der Waals surface area contributed by atoms with Crippen molar-refractivity contribution in [1.29, 1.82) is 0 Å². The summed E-state index contributed by atoms with van der Waals surface area (Å²) in [6, 6.07) is 14.2. The van der Waals surface area contributed by atoms with Crippen LogP contribution in [0.5, 0.6) is 0 Å². The van der Waals surface area contributed by atoms with Gasteiger partial charge in [0, 0.05) is 43.1 Å². The number of pyridine rings is 1. The van der Waals surface area contributed by atoms with Gasteiger partial charge in [0.25, 0.3) is 0 Å². The molecule has 1 N–H and O–H groups in total. The molecule has 0 aliphatic carbocycles. The minimum Gasteiger partial charge on any atom is -0.294 e. The van der Waals surface area contributed by atoms with Gasteiger partial charge in [-0.2, -0.15) is 4.31 Å². The average Bonchev–Trinajstić information content (AvgIpc) is 2.70. The zero-order valence-corrected chi connectivity index (χ0v) is 17.9. The lowest BCUT2D eigenvalue weighted by atomic mass is 9.94. The maximum absolute atomic E-state index is 13.5. The van der Waals surface area contributed by atoms with Crippen LogP contribution in [0, 0.1) is 11.6 Å². The predicted octanol–water partition coefficient (Wildman–Crippen LogP) is 4.43. The fourth-order valence-electron chi connectivity index (χ4n) is 3.87. The summed E-state index contributed by atoms with van der Waals surface area (Å²) in [5, 5.41) is 0.638. The monoisotopic (exact) mass is 463 g/mol. The van der Waals surface area contributed by atoms with E-state index < -0.39 is 22.9 Å². The topological polar surface area (TPSA) is 56.7 Å². The van der Waals surface area contributed by atoms with Crippen molar-refractivity contribution in [1.82, 2.24) is 14.2 Å². The Hall–Kier alpha value is -2.23. The molecule has 4 rings (SSSR count). The van der Waals surface area contributed by atoms with Crippen LogP contribution in [0.15, 0.2) is 67.0 Å². The summed E-state index contributed by atoms with van der Waals surface area (Å²) in [5.41, 5.74) is 2.33. The van der Waals surface area contributed by atoms with E-state index in [4.69, 9.17) is 11.6 Å². The standard InChI is InChI=1S/C22H20ClF2N3O2S/c23-18-5-3-16(4-6-18)22(17-2-1-7-26-11-17)27-13-21(14-27)28(31(29)30)12-15-8-19(24)10-20(25)9-15/h1-11,21-22H,12-14H2,(H,29,30). The van der Waals surface area contributed by atoms with E-state index in [-0.39, 0.29) is 18.6 Å². The minimum atomic E-state index is -2.28. The number of rotatable bonds is 7. The summed E-state index contributed by atoms with van der Waals surface area (Å²) in [5.74, 6) is -1.43. The first-order chi connectivity index (χ1) is 14.9. The van der Waals surface area contributed by atoms with Crippen molar-refractivity contribution < 1.29 is 17.5 Å². The van der Waals surface area contributed by atoms with Crippen molar-refractivity contribution in [3.05, 3.63) is 100 Å². The minimum absolute atomic E-state index is 0.0329. The van der Waals surface area contributed by atoms with E-state index in [9.17, 15) is 17.5 Å². The molecular formula is C22H20ClF2N3O2S. The first-order valence-electron chi connectivity index (χ1n) is 9.63. The van der Waals surface area contributed by atoms with E-state index in [0.717, 1.165) is 17.2 Å². The first kappa shape index (κ1) is 22.0. The van der Waals surface area contributed by atoms with Gasteiger partial charge in [-0.3, -0.25) is 14.4 Å². The van der Waals surface area contributed by atoms with E-state index in [1.807, 2.05) is 36.4 Å². The highest BCUT2D eigenvalue weighted by Crippen LogP contribution is 2.34. The normalized spacial score (nSPS) is 16.8. The van der Waals surface area contributed by atoms with E-state index in [1.54, 1.807) is 12.4 Å². The smallest absolute Gasteiger partial charge is 0.235 e.